The second kappa shape index (κ2) is 56.3. The minimum absolute atomic E-state index is 0. The summed E-state index contributed by atoms with van der Waals surface area (Å²) in [6, 6.07) is 21.5. The molecule has 1 unspecified atom stereocenters. The smallest absolute Gasteiger partial charge is 0.168 e. The second-order valence-electron chi connectivity index (χ2n) is 15.7. The van der Waals surface area contributed by atoms with Crippen LogP contribution in [0.3, 0.4) is 0 Å². The van der Waals surface area contributed by atoms with Crippen molar-refractivity contribution in [2.75, 3.05) is 105 Å². The molecule has 0 aromatic heterocycles. The zero-order valence-electron chi connectivity index (χ0n) is 40.9. The van der Waals surface area contributed by atoms with Crippen LogP contribution >= 0.6 is 0 Å². The van der Waals surface area contributed by atoms with E-state index in [2.05, 4.69) is 70.8 Å². The Morgan fingerprint density at radius 2 is 1.12 bits per heavy atom. The first-order valence-corrected chi connectivity index (χ1v) is 24.6. The summed E-state index contributed by atoms with van der Waals surface area (Å²) in [5.41, 5.74) is 34.5. The van der Waals surface area contributed by atoms with E-state index in [1.54, 1.807) is 0 Å². The van der Waals surface area contributed by atoms with E-state index in [0.29, 0.717) is 19.2 Å². The molecule has 14 nitrogen and oxygen atoms in total. The third kappa shape index (κ3) is 47.5. The molecule has 373 valence electrons. The molecular formula is C49H100N11O3Y-. The first-order valence-electron chi connectivity index (χ1n) is 24.6. The van der Waals surface area contributed by atoms with Gasteiger partial charge >= 0.3 is 0 Å². The summed E-state index contributed by atoms with van der Waals surface area (Å²) in [6.07, 6.45) is 17.8. The molecule has 1 spiro atoms. The molecule has 64 heavy (non-hydrogen) atoms. The van der Waals surface area contributed by atoms with E-state index in [4.69, 9.17) is 49.0 Å². The zero-order chi connectivity index (χ0) is 46.6. The van der Waals surface area contributed by atoms with Gasteiger partial charge in [-0.2, -0.15) is 30.3 Å². The van der Waals surface area contributed by atoms with Gasteiger partial charge in [0.2, 0.25) is 0 Å². The Balaban J connectivity index is -0.000000706. The van der Waals surface area contributed by atoms with Gasteiger partial charge in [-0.3, -0.25) is 0 Å². The quantitative estimate of drug-likeness (QED) is 0.0393. The van der Waals surface area contributed by atoms with Crippen LogP contribution in [-0.4, -0.2) is 122 Å². The van der Waals surface area contributed by atoms with Crippen molar-refractivity contribution >= 4 is 0 Å². The molecule has 15 heteroatoms. The van der Waals surface area contributed by atoms with E-state index in [1.165, 1.54) is 56.1 Å². The number of unbranched alkanes of at least 4 members (excludes halogenated alkanes) is 5. The number of benzene rings is 2. The summed E-state index contributed by atoms with van der Waals surface area (Å²) in [5.74, 6) is -0.173. The average molecular weight is 980 g/mol. The molecule has 2 aromatic rings. The van der Waals surface area contributed by atoms with Crippen molar-refractivity contribution in [3.8, 4) is 0 Å². The number of rotatable bonds is 30. The molecule has 1 radical (unpaired) electrons. The largest absolute Gasteiger partial charge is 0.395 e. The summed E-state index contributed by atoms with van der Waals surface area (Å²) in [6.45, 7) is 19.6. The Labute approximate surface area is 417 Å². The summed E-state index contributed by atoms with van der Waals surface area (Å²) in [4.78, 5) is 0. The van der Waals surface area contributed by atoms with Gasteiger partial charge in [0.1, 0.15) is 0 Å². The number of nitrogens with one attached hydrogen (secondary N) is 5. The van der Waals surface area contributed by atoms with Crippen molar-refractivity contribution < 1.29 is 47.3 Å². The Morgan fingerprint density at radius 1 is 0.594 bits per heavy atom. The van der Waals surface area contributed by atoms with Gasteiger partial charge in [0.05, 0.1) is 19.3 Å². The second-order valence-corrected chi connectivity index (χ2v) is 15.7. The molecule has 1 heterocycles. The number of aliphatic hydroxyl groups excluding tert-OH is 1. The van der Waals surface area contributed by atoms with E-state index >= 15 is 0 Å². The maximum Gasteiger partial charge on any atom is 0.168 e. The molecule has 2 aliphatic rings. The Kier molecular flexibility index (Phi) is 59.2. The normalized spacial score (nSPS) is 14.2. The van der Waals surface area contributed by atoms with Crippen molar-refractivity contribution in [3.63, 3.8) is 0 Å². The molecule has 1 atom stereocenters. The third-order valence-electron chi connectivity index (χ3n) is 9.83. The van der Waals surface area contributed by atoms with Crippen molar-refractivity contribution in [3.05, 3.63) is 71.8 Å². The van der Waals surface area contributed by atoms with Gasteiger partial charge in [-0.15, -0.1) is 5.56 Å². The number of ether oxygens (including phenoxy) is 2. The molecule has 4 rings (SSSR count). The summed E-state index contributed by atoms with van der Waals surface area (Å²) >= 11 is 0. The number of aliphatic hydroxyl groups is 1. The summed E-state index contributed by atoms with van der Waals surface area (Å²) in [7, 11) is 0. The molecule has 2 fully saturated rings. The van der Waals surface area contributed by atoms with Crippen LogP contribution in [0.25, 0.3) is 0 Å². The fourth-order valence-corrected chi connectivity index (χ4v) is 6.24. The van der Waals surface area contributed by atoms with Crippen molar-refractivity contribution in [2.24, 2.45) is 34.4 Å². The van der Waals surface area contributed by atoms with Crippen LogP contribution in [0.1, 0.15) is 121 Å². The molecule has 18 N–H and O–H groups in total. The van der Waals surface area contributed by atoms with E-state index < -0.39 is 0 Å². The van der Waals surface area contributed by atoms with Crippen LogP contribution in [0.4, 0.5) is 0 Å². The molecular weight excluding hydrogens is 880 g/mol. The fraction of sp³-hybridized carbons (Fsp3) is 0.755. The maximum absolute atomic E-state index is 8.34. The number of hydrogen-bond acceptors (Lipinski definition) is 14. The first kappa shape index (κ1) is 67.3. The molecule has 0 amide bonds. The average Bonchev–Trinajstić information content (AvgIpc) is 3.96. The van der Waals surface area contributed by atoms with Crippen molar-refractivity contribution in [1.82, 2.24) is 26.6 Å². The first-order chi connectivity index (χ1) is 31.0. The van der Waals surface area contributed by atoms with E-state index in [-0.39, 0.29) is 45.1 Å². The van der Waals surface area contributed by atoms with E-state index in [1.807, 2.05) is 30.3 Å². The number of hydrogen-bond donors (Lipinski definition) is 12. The van der Waals surface area contributed by atoms with Gasteiger partial charge in [-0.25, -0.2) is 0 Å². The van der Waals surface area contributed by atoms with Gasteiger partial charge in [0.25, 0.3) is 0 Å². The van der Waals surface area contributed by atoms with E-state index in [0.717, 1.165) is 150 Å². The summed E-state index contributed by atoms with van der Waals surface area (Å²) < 4.78 is 11.8. The molecule has 1 aliphatic carbocycles. The van der Waals surface area contributed by atoms with Crippen molar-refractivity contribution in [1.29, 1.82) is 0 Å². The predicted octanol–water partition coefficient (Wildman–Crippen LogP) is 3.83. The molecule has 0 bridgehead atoms. The standard InChI is InChI=1S/C11H18N2.C11H21NO2.C9H13N2.C6H16N2O.2C6H16N2.Y/c12-8-4-5-9-13-10-11-6-2-1-3-7-11;12-8-4-1-5-10-9-13-11(14-10)6-2-3-7-11;10-6-7-11-8-9-4-2-1-3-5-9;7-3-1-2-4-8-5-6-9;1-2-8-6-4-3-5-7;1-2-3-5-8-6-4-7;/h1-3,6-7,13H,4-5,8-10,12H2;10H,1-9,12H2;1-4,11H,6-8,10H2;8-9H,1-7H2;2*8H,2-7H2,1H3;/q;;-1;;;;. The molecule has 1 saturated carbocycles. The van der Waals surface area contributed by atoms with Gasteiger partial charge in [-0.05, 0) is 148 Å². The van der Waals surface area contributed by atoms with Crippen LogP contribution in [0.5, 0.6) is 0 Å². The predicted molar refractivity (Wildman–Crippen MR) is 269 cm³/mol. The Bertz CT molecular complexity index is 1080. The van der Waals surface area contributed by atoms with Crippen LogP contribution < -0.4 is 61.0 Å². The van der Waals surface area contributed by atoms with Gasteiger partial charge in [0, 0.05) is 84.8 Å². The molecule has 1 saturated heterocycles. The monoisotopic (exact) mass is 980 g/mol. The van der Waals surface area contributed by atoms with Crippen LogP contribution in [-0.2, 0) is 55.3 Å². The SMILES string of the molecule is CCCCNCCN.CCNCCCCN.NCCCCC1COC2(CCCC2)O1.NCCCCNCCO.NCCCCNCc1ccccc1.NCCNCc1[c-]cccc1.[Y]. The van der Waals surface area contributed by atoms with E-state index in [9.17, 15) is 0 Å². The molecule has 1 aliphatic heterocycles. The minimum Gasteiger partial charge on any atom is -0.395 e. The molecule has 2 aromatic carbocycles. The summed E-state index contributed by atoms with van der Waals surface area (Å²) in [5, 5.41) is 24.4. The van der Waals surface area contributed by atoms with Gasteiger partial charge in [0.15, 0.2) is 5.79 Å². The van der Waals surface area contributed by atoms with Crippen LogP contribution in [0, 0.1) is 6.07 Å². The Morgan fingerprint density at radius 3 is 1.67 bits per heavy atom. The maximum atomic E-state index is 8.34. The topological polar surface area (TPSA) is 255 Å². The number of nitrogens with two attached hydrogens (primary N) is 6. The zero-order valence-corrected chi connectivity index (χ0v) is 43.8. The fourth-order valence-electron chi connectivity index (χ4n) is 6.24. The minimum atomic E-state index is -0.173. The van der Waals surface area contributed by atoms with Gasteiger partial charge < -0.3 is 75.6 Å². The van der Waals surface area contributed by atoms with Crippen LogP contribution in [0.2, 0.25) is 0 Å². The van der Waals surface area contributed by atoms with Crippen LogP contribution in [0.15, 0.2) is 54.6 Å². The van der Waals surface area contributed by atoms with Gasteiger partial charge in [-0.1, -0.05) is 50.6 Å². The third-order valence-corrected chi connectivity index (χ3v) is 9.83. The van der Waals surface area contributed by atoms with Crippen molar-refractivity contribution in [2.45, 2.75) is 135 Å². The Hall–Kier alpha value is -1.02.